The van der Waals surface area contributed by atoms with Gasteiger partial charge in [-0.25, -0.2) is 0 Å². The number of hydrogen-bond acceptors (Lipinski definition) is 4. The van der Waals surface area contributed by atoms with Gasteiger partial charge < -0.3 is 4.74 Å². The Hall–Kier alpha value is -2.90. The van der Waals surface area contributed by atoms with Crippen molar-refractivity contribution in [2.45, 2.75) is 0 Å². The fraction of sp³-hybridized carbons (Fsp3) is 0.0556. The third-order valence-electron chi connectivity index (χ3n) is 3.94. The van der Waals surface area contributed by atoms with Crippen molar-refractivity contribution in [3.05, 3.63) is 64.4 Å². The van der Waals surface area contributed by atoms with Crippen LogP contribution in [0.1, 0.15) is 0 Å². The minimum absolute atomic E-state index is 0.427. The summed E-state index contributed by atoms with van der Waals surface area (Å²) in [5.41, 5.74) is 3.25. The Kier molecular flexibility index (Phi) is 4.32. The zero-order valence-electron chi connectivity index (χ0n) is 13.7. The van der Waals surface area contributed by atoms with Gasteiger partial charge >= 0.3 is 0 Å². The normalized spacial score (nSPS) is 10.8. The van der Waals surface area contributed by atoms with E-state index in [1.54, 1.807) is 29.9 Å². The van der Waals surface area contributed by atoms with E-state index < -0.39 is 0 Å². The highest BCUT2D eigenvalue weighted by Gasteiger charge is 2.17. The molecular formula is C18H14ClN5OS. The van der Waals surface area contributed by atoms with Crippen LogP contribution in [0, 0.1) is 4.77 Å². The lowest BCUT2D eigenvalue weighted by molar-refractivity contribution is 0.413. The predicted octanol–water partition coefficient (Wildman–Crippen LogP) is 4.65. The highest BCUT2D eigenvalue weighted by atomic mass is 35.5. The van der Waals surface area contributed by atoms with Crippen molar-refractivity contribution in [1.29, 1.82) is 0 Å². The van der Waals surface area contributed by atoms with E-state index in [0.29, 0.717) is 27.1 Å². The summed E-state index contributed by atoms with van der Waals surface area (Å²) in [5, 5.41) is 15.2. The molecule has 0 saturated carbocycles. The first-order valence-electron chi connectivity index (χ1n) is 7.80. The van der Waals surface area contributed by atoms with Gasteiger partial charge in [0, 0.05) is 10.6 Å². The van der Waals surface area contributed by atoms with Crippen LogP contribution in [0.5, 0.6) is 5.75 Å². The monoisotopic (exact) mass is 383 g/mol. The van der Waals surface area contributed by atoms with E-state index in [0.717, 1.165) is 17.0 Å². The molecule has 6 nitrogen and oxygen atoms in total. The Morgan fingerprint density at radius 1 is 1.04 bits per heavy atom. The van der Waals surface area contributed by atoms with Crippen molar-refractivity contribution in [2.75, 3.05) is 7.11 Å². The average molecular weight is 384 g/mol. The second-order valence-corrected chi connectivity index (χ2v) is 6.36. The summed E-state index contributed by atoms with van der Waals surface area (Å²) in [4.78, 5) is 0. The second kappa shape index (κ2) is 6.78. The average Bonchev–Trinajstić information content (AvgIpc) is 3.29. The molecule has 0 unspecified atom stereocenters. The van der Waals surface area contributed by atoms with Gasteiger partial charge in [-0.1, -0.05) is 41.9 Å². The van der Waals surface area contributed by atoms with Gasteiger partial charge in [-0.05, 0) is 36.5 Å². The smallest absolute Gasteiger partial charge is 0.200 e. The molecule has 0 radical (unpaired) electrons. The number of H-pyrrole nitrogens is 2. The highest BCUT2D eigenvalue weighted by Crippen LogP contribution is 2.31. The third-order valence-corrected chi connectivity index (χ3v) is 4.45. The third kappa shape index (κ3) is 2.91. The lowest BCUT2D eigenvalue weighted by atomic mass is 10.1. The topological polar surface area (TPSA) is 71.5 Å². The van der Waals surface area contributed by atoms with Crippen LogP contribution >= 0.6 is 23.8 Å². The predicted molar refractivity (Wildman–Crippen MR) is 103 cm³/mol. The van der Waals surface area contributed by atoms with Crippen LogP contribution in [0.3, 0.4) is 0 Å². The number of methoxy groups -OCH3 is 1. The Labute approximate surface area is 159 Å². The SMILES string of the molecule is COc1ccc(Cl)cc1-n1c(-c2cc(-c3ccccc3)n[nH]2)n[nH]c1=S. The van der Waals surface area contributed by atoms with E-state index >= 15 is 0 Å². The summed E-state index contributed by atoms with van der Waals surface area (Å²) in [7, 11) is 1.60. The first kappa shape index (κ1) is 16.6. The summed E-state index contributed by atoms with van der Waals surface area (Å²) in [5.74, 6) is 1.22. The summed E-state index contributed by atoms with van der Waals surface area (Å²) >= 11 is 11.6. The van der Waals surface area contributed by atoms with Crippen molar-refractivity contribution in [2.24, 2.45) is 0 Å². The first-order chi connectivity index (χ1) is 12.7. The number of nitrogens with one attached hydrogen (secondary N) is 2. The molecule has 130 valence electrons. The quantitative estimate of drug-likeness (QED) is 0.503. The van der Waals surface area contributed by atoms with Crippen LogP contribution in [0.25, 0.3) is 28.5 Å². The van der Waals surface area contributed by atoms with Crippen LogP contribution in [-0.2, 0) is 0 Å². The zero-order chi connectivity index (χ0) is 18.1. The molecule has 0 bridgehead atoms. The van der Waals surface area contributed by atoms with Crippen molar-refractivity contribution < 1.29 is 4.74 Å². The molecule has 0 amide bonds. The van der Waals surface area contributed by atoms with Gasteiger partial charge in [0.25, 0.3) is 0 Å². The van der Waals surface area contributed by atoms with Gasteiger partial charge in [0.15, 0.2) is 10.6 Å². The molecule has 0 saturated heterocycles. The Bertz CT molecular complexity index is 1120. The standard InChI is InChI=1S/C18H14ClN5OS/c1-25-16-8-7-12(19)9-15(16)24-17(22-23-18(24)26)14-10-13(20-21-14)11-5-3-2-4-6-11/h2-10H,1H3,(H,20,21)(H,23,26). The Balaban J connectivity index is 1.85. The van der Waals surface area contributed by atoms with Crippen LogP contribution in [0.4, 0.5) is 0 Å². The second-order valence-electron chi connectivity index (χ2n) is 5.54. The molecule has 0 fully saturated rings. The van der Waals surface area contributed by atoms with Gasteiger partial charge in [-0.15, -0.1) is 0 Å². The molecule has 2 heterocycles. The largest absolute Gasteiger partial charge is 0.495 e. The Morgan fingerprint density at radius 2 is 1.85 bits per heavy atom. The number of nitrogens with zero attached hydrogens (tertiary/aromatic N) is 3. The molecule has 0 aliphatic rings. The Morgan fingerprint density at radius 3 is 2.62 bits per heavy atom. The molecule has 26 heavy (non-hydrogen) atoms. The number of hydrogen-bond donors (Lipinski definition) is 2. The van der Waals surface area contributed by atoms with E-state index in [1.807, 2.05) is 36.4 Å². The molecule has 2 N–H and O–H groups in total. The van der Waals surface area contributed by atoms with Crippen LogP contribution in [0.2, 0.25) is 5.02 Å². The van der Waals surface area contributed by atoms with Crippen molar-refractivity contribution in [1.82, 2.24) is 25.0 Å². The minimum atomic E-state index is 0.427. The molecule has 4 rings (SSSR count). The molecule has 4 aromatic rings. The summed E-state index contributed by atoms with van der Waals surface area (Å²) in [6, 6.07) is 17.2. The highest BCUT2D eigenvalue weighted by molar-refractivity contribution is 7.71. The summed E-state index contributed by atoms with van der Waals surface area (Å²) in [6.45, 7) is 0. The molecule has 2 aromatic carbocycles. The van der Waals surface area contributed by atoms with Gasteiger partial charge in [-0.3, -0.25) is 14.8 Å². The van der Waals surface area contributed by atoms with Crippen molar-refractivity contribution >= 4 is 23.8 Å². The van der Waals surface area contributed by atoms with Gasteiger partial charge in [0.05, 0.1) is 18.5 Å². The van der Waals surface area contributed by atoms with Crippen molar-refractivity contribution in [3.8, 4) is 34.2 Å². The lowest BCUT2D eigenvalue weighted by Gasteiger charge is -2.11. The fourth-order valence-electron chi connectivity index (χ4n) is 2.73. The lowest BCUT2D eigenvalue weighted by Crippen LogP contribution is -2.01. The number of aromatic amines is 2. The molecule has 8 heteroatoms. The van der Waals surface area contributed by atoms with Crippen LogP contribution in [-0.4, -0.2) is 32.1 Å². The van der Waals surface area contributed by atoms with Crippen LogP contribution < -0.4 is 4.74 Å². The van der Waals surface area contributed by atoms with E-state index in [1.165, 1.54) is 0 Å². The fourth-order valence-corrected chi connectivity index (χ4v) is 3.13. The number of rotatable bonds is 4. The zero-order valence-corrected chi connectivity index (χ0v) is 15.3. The van der Waals surface area contributed by atoms with E-state index in [-0.39, 0.29) is 0 Å². The van der Waals surface area contributed by atoms with Crippen molar-refractivity contribution in [3.63, 3.8) is 0 Å². The molecule has 0 aliphatic carbocycles. The summed E-state index contributed by atoms with van der Waals surface area (Å²) < 4.78 is 7.64. The number of ether oxygens (including phenoxy) is 1. The number of aromatic nitrogens is 5. The van der Waals surface area contributed by atoms with Gasteiger partial charge in [0.2, 0.25) is 0 Å². The number of benzene rings is 2. The molecule has 0 aliphatic heterocycles. The minimum Gasteiger partial charge on any atom is -0.495 e. The van der Waals surface area contributed by atoms with E-state index in [2.05, 4.69) is 20.4 Å². The molecule has 0 spiro atoms. The van der Waals surface area contributed by atoms with Crippen LogP contribution in [0.15, 0.2) is 54.6 Å². The van der Waals surface area contributed by atoms with Gasteiger partial charge in [-0.2, -0.15) is 10.2 Å². The molecular weight excluding hydrogens is 370 g/mol. The maximum absolute atomic E-state index is 6.17. The van der Waals surface area contributed by atoms with E-state index in [9.17, 15) is 0 Å². The van der Waals surface area contributed by atoms with E-state index in [4.69, 9.17) is 28.6 Å². The molecule has 2 aromatic heterocycles. The first-order valence-corrected chi connectivity index (χ1v) is 8.58. The number of halogens is 1. The maximum Gasteiger partial charge on any atom is 0.200 e. The maximum atomic E-state index is 6.17. The molecule has 0 atom stereocenters. The van der Waals surface area contributed by atoms with Gasteiger partial charge in [0.1, 0.15) is 11.4 Å². The summed E-state index contributed by atoms with van der Waals surface area (Å²) in [6.07, 6.45) is 0.